The number of amides is 1. The van der Waals surface area contributed by atoms with E-state index < -0.39 is 6.23 Å². The molecule has 0 N–H and O–H groups in total. The minimum Gasteiger partial charge on any atom is -0.357 e. The Bertz CT molecular complexity index is 407. The van der Waals surface area contributed by atoms with Gasteiger partial charge in [-0.2, -0.15) is 0 Å². The van der Waals surface area contributed by atoms with Crippen LogP contribution >= 0.6 is 11.8 Å². The number of rotatable bonds is 3. The van der Waals surface area contributed by atoms with E-state index in [4.69, 9.17) is 4.74 Å². The normalized spacial score (nSPS) is 17.9. The smallest absolute Gasteiger partial charge is 0.292 e. The van der Waals surface area contributed by atoms with Crippen LogP contribution in [0.5, 0.6) is 0 Å². The molecule has 84 valence electrons. The van der Waals surface area contributed by atoms with Crippen molar-refractivity contribution in [1.29, 1.82) is 0 Å². The number of ether oxygens (including phenoxy) is 1. The molecule has 1 heterocycles. The summed E-state index contributed by atoms with van der Waals surface area (Å²) >= 11 is 0.735. The zero-order valence-corrected chi connectivity index (χ0v) is 9.57. The van der Waals surface area contributed by atoms with Crippen LogP contribution in [-0.4, -0.2) is 28.9 Å². The summed E-state index contributed by atoms with van der Waals surface area (Å²) in [6.45, 7) is 0.108. The largest absolute Gasteiger partial charge is 0.357 e. The molecule has 0 spiro atoms. The Morgan fingerprint density at radius 2 is 2.00 bits per heavy atom. The molecule has 1 saturated heterocycles. The highest BCUT2D eigenvalue weighted by molar-refractivity contribution is 8.26. The fourth-order valence-electron chi connectivity index (χ4n) is 1.63. The van der Waals surface area contributed by atoms with Crippen LogP contribution < -0.4 is 0 Å². The van der Waals surface area contributed by atoms with Gasteiger partial charge in [-0.05, 0) is 0 Å². The molecule has 16 heavy (non-hydrogen) atoms. The topological polar surface area (TPSA) is 46.6 Å². The Balaban J connectivity index is 2.24. The molecule has 1 aromatic carbocycles. The Morgan fingerprint density at radius 1 is 1.31 bits per heavy atom. The third-order valence-corrected chi connectivity index (χ3v) is 3.09. The van der Waals surface area contributed by atoms with Gasteiger partial charge in [-0.25, -0.2) is 0 Å². The van der Waals surface area contributed by atoms with Crippen molar-refractivity contribution in [2.45, 2.75) is 6.23 Å². The highest BCUT2D eigenvalue weighted by Gasteiger charge is 2.34. The van der Waals surface area contributed by atoms with Gasteiger partial charge in [0, 0.05) is 24.4 Å². The Labute approximate surface area is 97.6 Å². The van der Waals surface area contributed by atoms with Crippen molar-refractivity contribution in [3.63, 3.8) is 0 Å². The van der Waals surface area contributed by atoms with Crippen molar-refractivity contribution >= 4 is 22.1 Å². The summed E-state index contributed by atoms with van der Waals surface area (Å²) in [5.74, 6) is 0. The molecule has 1 fully saturated rings. The lowest BCUT2D eigenvalue weighted by molar-refractivity contribution is -0.112. The maximum absolute atomic E-state index is 11.5. The Hall–Kier alpha value is -1.33. The first-order valence-electron chi connectivity index (χ1n) is 4.81. The first kappa shape index (κ1) is 11.2. The average molecular weight is 237 g/mol. The second-order valence-electron chi connectivity index (χ2n) is 3.37. The standard InChI is InChI=1S/C11H11NO3S/c1-15-10(8-5-3-2-4-6-8)12-7-9(13)16-11(12)14/h2-6,10H,7H2,1H3. The van der Waals surface area contributed by atoms with Gasteiger partial charge in [-0.15, -0.1) is 0 Å². The van der Waals surface area contributed by atoms with Crippen LogP contribution in [-0.2, 0) is 9.53 Å². The molecule has 2 rings (SSSR count). The Morgan fingerprint density at radius 3 is 2.50 bits per heavy atom. The van der Waals surface area contributed by atoms with E-state index in [9.17, 15) is 9.59 Å². The molecule has 1 aromatic rings. The molecule has 1 atom stereocenters. The fraction of sp³-hybridized carbons (Fsp3) is 0.273. The lowest BCUT2D eigenvalue weighted by Crippen LogP contribution is -2.30. The minimum absolute atomic E-state index is 0.108. The van der Waals surface area contributed by atoms with Crippen molar-refractivity contribution in [3.8, 4) is 0 Å². The highest BCUT2D eigenvalue weighted by atomic mass is 32.2. The lowest BCUT2D eigenvalue weighted by atomic mass is 10.2. The first-order chi connectivity index (χ1) is 7.72. The Kier molecular flexibility index (Phi) is 3.26. The molecule has 0 radical (unpaired) electrons. The maximum atomic E-state index is 11.5. The average Bonchev–Trinajstić information content (AvgIpc) is 2.61. The van der Waals surface area contributed by atoms with E-state index in [1.807, 2.05) is 30.3 Å². The van der Waals surface area contributed by atoms with Crippen molar-refractivity contribution in [3.05, 3.63) is 35.9 Å². The molecular weight excluding hydrogens is 226 g/mol. The van der Waals surface area contributed by atoms with Gasteiger partial charge in [0.15, 0.2) is 6.23 Å². The van der Waals surface area contributed by atoms with Crippen LogP contribution in [0.4, 0.5) is 4.79 Å². The molecular formula is C11H11NO3S. The second-order valence-corrected chi connectivity index (χ2v) is 4.38. The number of hydrogen-bond donors (Lipinski definition) is 0. The monoisotopic (exact) mass is 237 g/mol. The van der Waals surface area contributed by atoms with E-state index in [0.717, 1.165) is 17.3 Å². The van der Waals surface area contributed by atoms with Crippen molar-refractivity contribution in [2.75, 3.05) is 13.7 Å². The van der Waals surface area contributed by atoms with Crippen molar-refractivity contribution in [2.24, 2.45) is 0 Å². The van der Waals surface area contributed by atoms with E-state index in [2.05, 4.69) is 0 Å². The molecule has 0 aromatic heterocycles. The van der Waals surface area contributed by atoms with Gasteiger partial charge in [0.1, 0.15) is 0 Å². The number of nitrogens with zero attached hydrogens (tertiary/aromatic N) is 1. The molecule has 1 aliphatic heterocycles. The van der Waals surface area contributed by atoms with Crippen LogP contribution in [0, 0.1) is 0 Å². The number of carbonyl (C=O) groups excluding carboxylic acids is 2. The van der Waals surface area contributed by atoms with Gasteiger partial charge in [0.25, 0.3) is 5.24 Å². The second kappa shape index (κ2) is 4.67. The van der Waals surface area contributed by atoms with Crippen LogP contribution in [0.25, 0.3) is 0 Å². The third-order valence-electron chi connectivity index (χ3n) is 2.33. The minimum atomic E-state index is -0.479. The zero-order valence-electron chi connectivity index (χ0n) is 8.75. The van der Waals surface area contributed by atoms with Crippen molar-refractivity contribution in [1.82, 2.24) is 4.90 Å². The number of benzene rings is 1. The lowest BCUT2D eigenvalue weighted by Gasteiger charge is -2.25. The molecule has 1 unspecified atom stereocenters. The zero-order chi connectivity index (χ0) is 11.5. The quantitative estimate of drug-likeness (QED) is 0.807. The molecule has 5 heteroatoms. The van der Waals surface area contributed by atoms with Crippen LogP contribution in [0.3, 0.4) is 0 Å². The van der Waals surface area contributed by atoms with Crippen LogP contribution in [0.1, 0.15) is 11.8 Å². The van der Waals surface area contributed by atoms with E-state index in [1.165, 1.54) is 12.0 Å². The summed E-state index contributed by atoms with van der Waals surface area (Å²) in [5.41, 5.74) is 0.869. The van der Waals surface area contributed by atoms with E-state index in [0.29, 0.717) is 0 Å². The van der Waals surface area contributed by atoms with Gasteiger partial charge >= 0.3 is 0 Å². The fourth-order valence-corrected chi connectivity index (χ4v) is 2.31. The summed E-state index contributed by atoms with van der Waals surface area (Å²) < 4.78 is 5.28. The molecule has 0 bridgehead atoms. The summed E-state index contributed by atoms with van der Waals surface area (Å²) in [7, 11) is 1.53. The predicted molar refractivity (Wildman–Crippen MR) is 60.9 cm³/mol. The molecule has 0 aliphatic carbocycles. The number of hydrogen-bond acceptors (Lipinski definition) is 4. The van der Waals surface area contributed by atoms with Crippen molar-refractivity contribution < 1.29 is 14.3 Å². The maximum Gasteiger partial charge on any atom is 0.292 e. The summed E-state index contributed by atoms with van der Waals surface area (Å²) in [4.78, 5) is 24.1. The summed E-state index contributed by atoms with van der Waals surface area (Å²) in [6.07, 6.45) is -0.479. The van der Waals surface area contributed by atoms with E-state index in [1.54, 1.807) is 0 Å². The third kappa shape index (κ3) is 2.10. The molecule has 1 amide bonds. The van der Waals surface area contributed by atoms with E-state index >= 15 is 0 Å². The molecule has 4 nitrogen and oxygen atoms in total. The van der Waals surface area contributed by atoms with Gasteiger partial charge in [-0.3, -0.25) is 14.5 Å². The van der Waals surface area contributed by atoms with Gasteiger partial charge in [0.2, 0.25) is 5.12 Å². The van der Waals surface area contributed by atoms with Crippen LogP contribution in [0.15, 0.2) is 30.3 Å². The first-order valence-corrected chi connectivity index (χ1v) is 5.63. The van der Waals surface area contributed by atoms with Gasteiger partial charge in [0.05, 0.1) is 6.54 Å². The highest BCUT2D eigenvalue weighted by Crippen LogP contribution is 2.30. The number of thioether (sulfide) groups is 1. The summed E-state index contributed by atoms with van der Waals surface area (Å²) in [6, 6.07) is 9.37. The van der Waals surface area contributed by atoms with E-state index in [-0.39, 0.29) is 16.9 Å². The number of methoxy groups -OCH3 is 1. The molecule has 1 aliphatic rings. The van der Waals surface area contributed by atoms with Gasteiger partial charge < -0.3 is 4.74 Å². The predicted octanol–water partition coefficient (Wildman–Crippen LogP) is 2.03. The van der Waals surface area contributed by atoms with Gasteiger partial charge in [-0.1, -0.05) is 30.3 Å². The summed E-state index contributed by atoms with van der Waals surface area (Å²) in [5, 5.41) is -0.385. The SMILES string of the molecule is COC(c1ccccc1)N1CC(=O)SC1=O. The van der Waals surface area contributed by atoms with Crippen LogP contribution in [0.2, 0.25) is 0 Å². The number of carbonyl (C=O) groups is 2. The molecule has 0 saturated carbocycles.